The van der Waals surface area contributed by atoms with E-state index in [2.05, 4.69) is 33.9 Å². The second-order valence-electron chi connectivity index (χ2n) is 5.36. The highest BCUT2D eigenvalue weighted by molar-refractivity contribution is 4.86. The highest BCUT2D eigenvalue weighted by Crippen LogP contribution is 2.08. The Kier molecular flexibility index (Phi) is 5.13. The summed E-state index contributed by atoms with van der Waals surface area (Å²) in [5.41, 5.74) is 0. The molecule has 0 saturated carbocycles. The smallest absolute Gasteiger partial charge is 0.135 e. The lowest BCUT2D eigenvalue weighted by molar-refractivity contribution is 0.0338. The molecule has 0 aliphatic carbocycles. The Hall–Kier alpha value is -0.940. The molecule has 1 aromatic rings. The minimum absolute atomic E-state index is 0.424. The Balaban J connectivity index is 1.74. The van der Waals surface area contributed by atoms with E-state index in [0.29, 0.717) is 12.0 Å². The van der Waals surface area contributed by atoms with Crippen LogP contribution in [0.5, 0.6) is 0 Å². The summed E-state index contributed by atoms with van der Waals surface area (Å²) in [7, 11) is 0. The molecule has 18 heavy (non-hydrogen) atoms. The van der Waals surface area contributed by atoms with Crippen molar-refractivity contribution >= 4 is 0 Å². The van der Waals surface area contributed by atoms with Gasteiger partial charge in [0, 0.05) is 13.0 Å². The minimum atomic E-state index is 0.424. The van der Waals surface area contributed by atoms with Crippen molar-refractivity contribution in [3.8, 4) is 0 Å². The van der Waals surface area contributed by atoms with Gasteiger partial charge in [-0.15, -0.1) is 10.2 Å². The fraction of sp³-hybridized carbons (Fsp3) is 0.846. The fourth-order valence-electron chi connectivity index (χ4n) is 2.30. The fourth-order valence-corrected chi connectivity index (χ4v) is 2.30. The summed E-state index contributed by atoms with van der Waals surface area (Å²) >= 11 is 0. The SMILES string of the molecule is CC(C)Cn1cnnc1CCOC1CCNCC1. The lowest BCUT2D eigenvalue weighted by Crippen LogP contribution is -2.32. The van der Waals surface area contributed by atoms with Crippen molar-refractivity contribution in [2.45, 2.75) is 45.8 Å². The van der Waals surface area contributed by atoms with Gasteiger partial charge in [0.05, 0.1) is 12.7 Å². The van der Waals surface area contributed by atoms with Crippen LogP contribution in [0.3, 0.4) is 0 Å². The molecule has 1 aromatic heterocycles. The molecule has 0 unspecified atom stereocenters. The quantitative estimate of drug-likeness (QED) is 0.828. The third-order valence-electron chi connectivity index (χ3n) is 3.22. The lowest BCUT2D eigenvalue weighted by Gasteiger charge is -2.22. The molecule has 102 valence electrons. The summed E-state index contributed by atoms with van der Waals surface area (Å²) in [5.74, 6) is 1.66. The average molecular weight is 252 g/mol. The van der Waals surface area contributed by atoms with E-state index in [0.717, 1.165) is 51.3 Å². The van der Waals surface area contributed by atoms with Gasteiger partial charge in [-0.3, -0.25) is 0 Å². The zero-order valence-corrected chi connectivity index (χ0v) is 11.4. The molecule has 0 spiro atoms. The molecular weight excluding hydrogens is 228 g/mol. The van der Waals surface area contributed by atoms with Crippen LogP contribution in [0.4, 0.5) is 0 Å². The summed E-state index contributed by atoms with van der Waals surface area (Å²) in [4.78, 5) is 0. The summed E-state index contributed by atoms with van der Waals surface area (Å²) in [6, 6.07) is 0. The zero-order valence-electron chi connectivity index (χ0n) is 11.4. The van der Waals surface area contributed by atoms with E-state index >= 15 is 0 Å². The molecule has 0 bridgehead atoms. The maximum absolute atomic E-state index is 5.90. The third kappa shape index (κ3) is 4.07. The second-order valence-corrected chi connectivity index (χ2v) is 5.36. The molecule has 2 rings (SSSR count). The van der Waals surface area contributed by atoms with Gasteiger partial charge < -0.3 is 14.6 Å². The molecule has 1 N–H and O–H groups in total. The number of hydrogen-bond donors (Lipinski definition) is 1. The first kappa shape index (κ1) is 13.5. The maximum atomic E-state index is 5.90. The number of rotatable bonds is 6. The van der Waals surface area contributed by atoms with Gasteiger partial charge in [0.25, 0.3) is 0 Å². The van der Waals surface area contributed by atoms with E-state index in [1.807, 2.05) is 6.33 Å². The first-order valence-corrected chi connectivity index (χ1v) is 6.94. The lowest BCUT2D eigenvalue weighted by atomic mass is 10.1. The van der Waals surface area contributed by atoms with Crippen LogP contribution in [-0.4, -0.2) is 40.6 Å². The summed E-state index contributed by atoms with van der Waals surface area (Å²) in [6.45, 7) is 8.30. The van der Waals surface area contributed by atoms with Gasteiger partial charge >= 0.3 is 0 Å². The number of nitrogens with zero attached hydrogens (tertiary/aromatic N) is 3. The van der Waals surface area contributed by atoms with Gasteiger partial charge in [-0.05, 0) is 31.8 Å². The van der Waals surface area contributed by atoms with Gasteiger partial charge in [-0.1, -0.05) is 13.8 Å². The van der Waals surface area contributed by atoms with E-state index in [-0.39, 0.29) is 0 Å². The Morgan fingerprint density at radius 3 is 2.94 bits per heavy atom. The number of piperidine rings is 1. The van der Waals surface area contributed by atoms with Crippen molar-refractivity contribution < 1.29 is 4.74 Å². The normalized spacial score (nSPS) is 17.5. The van der Waals surface area contributed by atoms with Crippen LogP contribution in [0.1, 0.15) is 32.5 Å². The van der Waals surface area contributed by atoms with Crippen molar-refractivity contribution in [3.05, 3.63) is 12.2 Å². The van der Waals surface area contributed by atoms with Crippen molar-refractivity contribution in [2.24, 2.45) is 5.92 Å². The molecule has 1 aliphatic heterocycles. The second kappa shape index (κ2) is 6.85. The predicted octanol–water partition coefficient (Wildman–Crippen LogP) is 1.25. The first-order valence-electron chi connectivity index (χ1n) is 6.94. The van der Waals surface area contributed by atoms with Crippen LogP contribution < -0.4 is 5.32 Å². The molecular formula is C13H24N4O. The van der Waals surface area contributed by atoms with Crippen molar-refractivity contribution in [1.29, 1.82) is 0 Å². The van der Waals surface area contributed by atoms with Gasteiger partial charge in [0.15, 0.2) is 0 Å². The number of nitrogens with one attached hydrogen (secondary N) is 1. The standard InChI is InChI=1S/C13H24N4O/c1-11(2)9-17-10-15-16-13(17)5-8-18-12-3-6-14-7-4-12/h10-12,14H,3-9H2,1-2H3. The van der Waals surface area contributed by atoms with Crippen LogP contribution in [0.15, 0.2) is 6.33 Å². The van der Waals surface area contributed by atoms with E-state index < -0.39 is 0 Å². The Bertz CT molecular complexity index is 345. The molecule has 0 aromatic carbocycles. The van der Waals surface area contributed by atoms with Gasteiger partial charge in [0.1, 0.15) is 12.2 Å². The number of ether oxygens (including phenoxy) is 1. The molecule has 0 radical (unpaired) electrons. The van der Waals surface area contributed by atoms with Gasteiger partial charge in [-0.25, -0.2) is 0 Å². The highest BCUT2D eigenvalue weighted by atomic mass is 16.5. The molecule has 5 nitrogen and oxygen atoms in total. The summed E-state index contributed by atoms with van der Waals surface area (Å²) < 4.78 is 8.03. The van der Waals surface area contributed by atoms with Crippen LogP contribution in [0.2, 0.25) is 0 Å². The topological polar surface area (TPSA) is 52.0 Å². The maximum Gasteiger partial charge on any atom is 0.135 e. The van der Waals surface area contributed by atoms with Crippen molar-refractivity contribution in [1.82, 2.24) is 20.1 Å². The van der Waals surface area contributed by atoms with E-state index in [9.17, 15) is 0 Å². The van der Waals surface area contributed by atoms with Crippen LogP contribution in [0, 0.1) is 5.92 Å². The Labute approximate surface area is 109 Å². The van der Waals surface area contributed by atoms with Gasteiger partial charge in [-0.2, -0.15) is 0 Å². The van der Waals surface area contributed by atoms with Crippen molar-refractivity contribution in [2.75, 3.05) is 19.7 Å². The molecule has 5 heteroatoms. The summed E-state index contributed by atoms with van der Waals surface area (Å²) in [5, 5.41) is 11.5. The first-order chi connectivity index (χ1) is 8.75. The Morgan fingerprint density at radius 2 is 2.22 bits per heavy atom. The average Bonchev–Trinajstić information content (AvgIpc) is 2.77. The molecule has 0 amide bonds. The van der Waals surface area contributed by atoms with Crippen LogP contribution in [0.25, 0.3) is 0 Å². The third-order valence-corrected chi connectivity index (χ3v) is 3.22. The molecule has 1 fully saturated rings. The number of aromatic nitrogens is 3. The minimum Gasteiger partial charge on any atom is -0.378 e. The van der Waals surface area contributed by atoms with E-state index in [1.54, 1.807) is 0 Å². The van der Waals surface area contributed by atoms with E-state index in [1.165, 1.54) is 0 Å². The predicted molar refractivity (Wildman–Crippen MR) is 70.4 cm³/mol. The zero-order chi connectivity index (χ0) is 12.8. The monoisotopic (exact) mass is 252 g/mol. The summed E-state index contributed by atoms with van der Waals surface area (Å²) in [6.07, 6.45) is 5.35. The van der Waals surface area contributed by atoms with E-state index in [4.69, 9.17) is 4.74 Å². The Morgan fingerprint density at radius 1 is 1.44 bits per heavy atom. The van der Waals surface area contributed by atoms with Gasteiger partial charge in [0.2, 0.25) is 0 Å². The molecule has 0 atom stereocenters. The van der Waals surface area contributed by atoms with Crippen molar-refractivity contribution in [3.63, 3.8) is 0 Å². The molecule has 1 aliphatic rings. The van der Waals surface area contributed by atoms with Crippen LogP contribution in [-0.2, 0) is 17.7 Å². The molecule has 2 heterocycles. The number of hydrogen-bond acceptors (Lipinski definition) is 4. The highest BCUT2D eigenvalue weighted by Gasteiger charge is 2.13. The van der Waals surface area contributed by atoms with Crippen LogP contribution >= 0.6 is 0 Å². The molecule has 1 saturated heterocycles. The largest absolute Gasteiger partial charge is 0.378 e.